The fourth-order valence-electron chi connectivity index (χ4n) is 4.00. The van der Waals surface area contributed by atoms with Gasteiger partial charge in [0.05, 0.1) is 16.7 Å². The molecule has 0 amide bonds. The number of carbonyl (C=O) groups excluding carboxylic acids is 4. The Morgan fingerprint density at radius 1 is 0.431 bits per heavy atom. The molecule has 13 heteroatoms. The van der Waals surface area contributed by atoms with Gasteiger partial charge in [-0.15, -0.1) is 12.8 Å². The number of carboxylic acids is 1. The normalized spacial score (nSPS) is 8.90. The highest BCUT2D eigenvalue weighted by atomic mass is 16.5. The summed E-state index contributed by atoms with van der Waals surface area (Å²) in [7, 11) is 0. The molecule has 0 unspecified atom stereocenters. The lowest BCUT2D eigenvalue weighted by Gasteiger charge is -2.10. The highest BCUT2D eigenvalue weighted by molar-refractivity contribution is 6.02. The minimum atomic E-state index is -1.22. The number of para-hydroxylation sites is 5. The molecule has 13 nitrogen and oxygen atoms in total. The van der Waals surface area contributed by atoms with Crippen LogP contribution in [0.15, 0.2) is 170 Å². The van der Waals surface area contributed by atoms with Crippen molar-refractivity contribution in [2.75, 3.05) is 0 Å². The zero-order valence-electron chi connectivity index (χ0n) is 30.3. The van der Waals surface area contributed by atoms with Crippen molar-refractivity contribution in [2.24, 2.45) is 0 Å². The first-order valence-corrected chi connectivity index (χ1v) is 16.4. The van der Waals surface area contributed by atoms with E-state index < -0.39 is 29.8 Å². The molecule has 0 fully saturated rings. The molecule has 0 aliphatic rings. The highest BCUT2D eigenvalue weighted by Gasteiger charge is 2.20. The Morgan fingerprint density at radius 3 is 0.879 bits per heavy atom. The number of rotatable bonds is 7. The maximum Gasteiger partial charge on any atom is 0.389 e. The summed E-state index contributed by atoms with van der Waals surface area (Å²) in [6.45, 7) is 0. The van der Waals surface area contributed by atoms with Crippen LogP contribution in [0.25, 0.3) is 0 Å². The van der Waals surface area contributed by atoms with Crippen LogP contribution in [0.5, 0.6) is 28.7 Å². The van der Waals surface area contributed by atoms with Crippen molar-refractivity contribution in [1.29, 1.82) is 10.8 Å². The lowest BCUT2D eigenvalue weighted by molar-refractivity contribution is -0.130. The lowest BCUT2D eigenvalue weighted by atomic mass is 10.1. The van der Waals surface area contributed by atoms with E-state index in [1.54, 1.807) is 140 Å². The zero-order chi connectivity index (χ0) is 42.5. The third-order valence-electron chi connectivity index (χ3n) is 6.45. The summed E-state index contributed by atoms with van der Waals surface area (Å²) in [5.74, 6) is 0.983. The second kappa shape index (κ2) is 25.9. The molecule has 6 aromatic carbocycles. The molecule has 6 rings (SSSR count). The van der Waals surface area contributed by atoms with Crippen molar-refractivity contribution in [2.45, 2.75) is 0 Å². The summed E-state index contributed by atoms with van der Waals surface area (Å²) in [6, 6.07) is 46.7. The van der Waals surface area contributed by atoms with Crippen LogP contribution >= 0.6 is 0 Å². The number of aromatic hydroxyl groups is 1. The fraction of sp³-hybridized carbons (Fsp3) is 0. The van der Waals surface area contributed by atoms with E-state index >= 15 is 0 Å². The van der Waals surface area contributed by atoms with Crippen LogP contribution in [0.1, 0.15) is 31.1 Å². The molecule has 0 aliphatic heterocycles. The number of hydrogen-bond acceptors (Lipinski definition) is 12. The molecule has 0 aliphatic carbocycles. The maximum absolute atomic E-state index is 12.8. The van der Waals surface area contributed by atoms with Crippen molar-refractivity contribution < 1.29 is 53.1 Å². The highest BCUT2D eigenvalue weighted by Crippen LogP contribution is 2.20. The molecule has 6 aromatic rings. The van der Waals surface area contributed by atoms with Crippen molar-refractivity contribution >= 4 is 29.8 Å². The summed E-state index contributed by atoms with van der Waals surface area (Å²) in [5.41, 5.74) is 0.00382. The fourth-order valence-corrected chi connectivity index (χ4v) is 4.00. The molecular formula is C45H32N2O11. The maximum atomic E-state index is 12.8. The topological polar surface area (TPSA) is 210 Å². The molecule has 0 spiro atoms. The second-order valence-electron chi connectivity index (χ2n) is 10.5. The van der Waals surface area contributed by atoms with Crippen LogP contribution < -0.4 is 18.9 Å². The predicted octanol–water partition coefficient (Wildman–Crippen LogP) is 7.70. The first-order chi connectivity index (χ1) is 28.1. The predicted molar refractivity (Wildman–Crippen MR) is 210 cm³/mol. The third-order valence-corrected chi connectivity index (χ3v) is 6.45. The van der Waals surface area contributed by atoms with Crippen LogP contribution in [0, 0.1) is 35.5 Å². The number of aliphatic carboxylic acids is 1. The molecule has 0 aromatic heterocycles. The van der Waals surface area contributed by atoms with Gasteiger partial charge in [-0.05, 0) is 78.9 Å². The van der Waals surface area contributed by atoms with Gasteiger partial charge in [-0.2, -0.15) is 0 Å². The summed E-state index contributed by atoms with van der Waals surface area (Å²) >= 11 is 0. The number of phenolic OH excluding ortho intramolecular Hbond substituents is 1. The number of carbonyl (C=O) groups is 5. The van der Waals surface area contributed by atoms with Gasteiger partial charge in [0.25, 0.3) is 0 Å². The monoisotopic (exact) mass is 776 g/mol. The van der Waals surface area contributed by atoms with Crippen molar-refractivity contribution in [3.63, 3.8) is 0 Å². The average molecular weight is 777 g/mol. The Labute approximate surface area is 333 Å². The summed E-state index contributed by atoms with van der Waals surface area (Å²) < 4.78 is 20.8. The van der Waals surface area contributed by atoms with Crippen LogP contribution in [0.3, 0.4) is 0 Å². The smallest absolute Gasteiger partial charge is 0.389 e. The zero-order valence-corrected chi connectivity index (χ0v) is 30.3. The van der Waals surface area contributed by atoms with Crippen LogP contribution in [-0.2, 0) is 9.59 Å². The summed E-state index contributed by atoms with van der Waals surface area (Å²) in [5, 5.41) is 28.1. The van der Waals surface area contributed by atoms with Gasteiger partial charge in [0.1, 0.15) is 28.7 Å². The minimum Gasteiger partial charge on any atom is -0.508 e. The van der Waals surface area contributed by atoms with Gasteiger partial charge in [-0.1, -0.05) is 91.0 Å². The molecular weight excluding hydrogens is 744 g/mol. The molecule has 0 saturated carbocycles. The molecule has 0 radical (unpaired) electrons. The van der Waals surface area contributed by atoms with Crippen molar-refractivity contribution in [3.8, 4) is 53.4 Å². The van der Waals surface area contributed by atoms with E-state index in [9.17, 15) is 19.2 Å². The quantitative estimate of drug-likeness (QED) is 0.0524. The van der Waals surface area contributed by atoms with Gasteiger partial charge >= 0.3 is 29.8 Å². The Kier molecular flexibility index (Phi) is 20.2. The number of hydrogen-bond donors (Lipinski definition) is 2. The number of ether oxygens (including phenoxy) is 4. The molecule has 0 bridgehead atoms. The van der Waals surface area contributed by atoms with E-state index in [1.165, 1.54) is 24.1 Å². The summed E-state index contributed by atoms with van der Waals surface area (Å²) in [6.07, 6.45) is 9.12. The molecule has 0 saturated heterocycles. The van der Waals surface area contributed by atoms with Gasteiger partial charge in [0, 0.05) is 22.6 Å². The van der Waals surface area contributed by atoms with Gasteiger partial charge in [0.2, 0.25) is 0 Å². The largest absolute Gasteiger partial charge is 0.508 e. The molecule has 288 valence electrons. The Bertz CT molecular complexity index is 2150. The Balaban J connectivity index is 0.000000375. The number of carboxylic acid groups (broad SMARTS) is 1. The Hall–Kier alpha value is -8.99. The standard InChI is InChI=1S/C27H18O6.C9H6O2.C6H6O.C3H2O2.N2/c28-25(31-22-10-4-1-5-11-22)19-16-20(26(29)32-23-12-6-2-7-13-23)18-21(17-19)27(30)33-24-14-8-3-9-15-24;1-2-9(10)11-8-6-4-3-5-7-8;7-6-4-2-1-3-5-6;1-2-3(4)5;1-2/h1-18H;1,3-7H;1-5,7H;1H,(H,4,5);. The Morgan fingerprint density at radius 2 is 0.672 bits per heavy atom. The first-order valence-electron chi connectivity index (χ1n) is 16.4. The SMILES string of the molecule is C#CC(=O)O.C#CC(=O)Oc1ccccc1.N#N.O=C(Oc1ccccc1)c1cc(C(=O)Oc2ccccc2)cc(C(=O)Oc2ccccc2)c1.Oc1ccccc1. The molecule has 0 atom stereocenters. The van der Waals surface area contributed by atoms with Gasteiger partial charge in [-0.3, -0.25) is 0 Å². The third kappa shape index (κ3) is 17.7. The first kappa shape index (κ1) is 45.2. The number of benzene rings is 6. The number of terminal acetylenes is 2. The average Bonchev–Trinajstić information content (AvgIpc) is 3.26. The van der Waals surface area contributed by atoms with Crippen LogP contribution in [0.4, 0.5) is 0 Å². The van der Waals surface area contributed by atoms with E-state index in [0.717, 1.165) is 0 Å². The lowest BCUT2D eigenvalue weighted by Crippen LogP contribution is -2.16. The van der Waals surface area contributed by atoms with Gasteiger partial charge in [-0.25, -0.2) is 24.0 Å². The van der Waals surface area contributed by atoms with E-state index in [-0.39, 0.29) is 16.7 Å². The number of nitrogens with zero attached hydrogens (tertiary/aromatic N) is 2. The van der Waals surface area contributed by atoms with Crippen molar-refractivity contribution in [3.05, 3.63) is 187 Å². The van der Waals surface area contributed by atoms with E-state index in [4.69, 9.17) is 46.4 Å². The number of esters is 4. The van der Waals surface area contributed by atoms with Crippen molar-refractivity contribution in [1.82, 2.24) is 0 Å². The molecule has 2 N–H and O–H groups in total. The second-order valence-corrected chi connectivity index (χ2v) is 10.5. The van der Waals surface area contributed by atoms with Crippen LogP contribution in [0.2, 0.25) is 0 Å². The summed E-state index contributed by atoms with van der Waals surface area (Å²) in [4.78, 5) is 57.9. The van der Waals surface area contributed by atoms with E-state index in [0.29, 0.717) is 28.7 Å². The van der Waals surface area contributed by atoms with E-state index in [2.05, 4.69) is 11.2 Å². The van der Waals surface area contributed by atoms with Gasteiger partial charge < -0.3 is 29.2 Å². The minimum absolute atomic E-state index is 0.00127. The molecule has 58 heavy (non-hydrogen) atoms. The molecule has 0 heterocycles. The van der Waals surface area contributed by atoms with Gasteiger partial charge in [0.15, 0.2) is 0 Å². The number of phenols is 1. The van der Waals surface area contributed by atoms with Crippen LogP contribution in [-0.4, -0.2) is 40.1 Å². The van der Waals surface area contributed by atoms with E-state index in [1.807, 2.05) is 18.1 Å².